The molecule has 1 fully saturated rings. The van der Waals surface area contributed by atoms with Crippen LogP contribution in [0.5, 0.6) is 0 Å². The van der Waals surface area contributed by atoms with Crippen LogP contribution in [-0.2, 0) is 9.47 Å². The molecule has 1 aliphatic carbocycles. The van der Waals surface area contributed by atoms with E-state index >= 15 is 0 Å². The van der Waals surface area contributed by atoms with E-state index in [-0.39, 0.29) is 24.7 Å². The number of piperazine rings is 1. The third kappa shape index (κ3) is 4.35. The molecule has 4 rings (SSSR count). The second-order valence-corrected chi connectivity index (χ2v) is 9.23. The lowest BCUT2D eigenvalue weighted by Gasteiger charge is -2.40. The summed E-state index contributed by atoms with van der Waals surface area (Å²) in [4.78, 5) is 28.6. The monoisotopic (exact) mass is 434 g/mol. The Morgan fingerprint density at radius 3 is 2.16 bits per heavy atom. The molecule has 0 radical (unpaired) electrons. The summed E-state index contributed by atoms with van der Waals surface area (Å²) < 4.78 is 11.3. The normalized spacial score (nSPS) is 18.0. The molecule has 0 spiro atoms. The fourth-order valence-electron chi connectivity index (χ4n) is 4.41. The summed E-state index contributed by atoms with van der Waals surface area (Å²) in [7, 11) is 0. The van der Waals surface area contributed by atoms with Gasteiger partial charge in [0.05, 0.1) is 6.04 Å². The van der Waals surface area contributed by atoms with Gasteiger partial charge in [-0.25, -0.2) is 9.59 Å². The predicted octanol–water partition coefficient (Wildman–Crippen LogP) is 5.04. The Morgan fingerprint density at radius 1 is 1.00 bits per heavy atom. The van der Waals surface area contributed by atoms with Crippen molar-refractivity contribution in [2.75, 3.05) is 26.2 Å². The lowest BCUT2D eigenvalue weighted by molar-refractivity contribution is 0.00392. The molecule has 1 atom stereocenters. The zero-order valence-electron chi connectivity index (χ0n) is 18.9. The maximum Gasteiger partial charge on any atom is 0.410 e. The van der Waals surface area contributed by atoms with Crippen molar-refractivity contribution in [2.45, 2.75) is 38.3 Å². The van der Waals surface area contributed by atoms with Gasteiger partial charge in [-0.15, -0.1) is 6.58 Å². The van der Waals surface area contributed by atoms with Gasteiger partial charge < -0.3 is 14.4 Å². The molecule has 6 nitrogen and oxygen atoms in total. The summed E-state index contributed by atoms with van der Waals surface area (Å²) in [6.45, 7) is 10.7. The predicted molar refractivity (Wildman–Crippen MR) is 124 cm³/mol. The highest BCUT2D eigenvalue weighted by atomic mass is 16.6. The van der Waals surface area contributed by atoms with Gasteiger partial charge in [-0.3, -0.25) is 4.90 Å². The van der Waals surface area contributed by atoms with Crippen molar-refractivity contribution in [3.63, 3.8) is 0 Å². The quantitative estimate of drug-likeness (QED) is 0.635. The summed E-state index contributed by atoms with van der Waals surface area (Å²) >= 11 is 0. The minimum Gasteiger partial charge on any atom is -0.448 e. The first-order valence-electron chi connectivity index (χ1n) is 11.0. The number of ether oxygens (including phenoxy) is 2. The van der Waals surface area contributed by atoms with E-state index in [2.05, 4.69) is 30.8 Å². The zero-order valence-corrected chi connectivity index (χ0v) is 18.9. The van der Waals surface area contributed by atoms with Crippen molar-refractivity contribution in [2.24, 2.45) is 0 Å². The average molecular weight is 435 g/mol. The molecule has 0 aromatic heterocycles. The fourth-order valence-corrected chi connectivity index (χ4v) is 4.41. The molecule has 6 heteroatoms. The molecular weight excluding hydrogens is 404 g/mol. The van der Waals surface area contributed by atoms with Crippen LogP contribution in [0.15, 0.2) is 61.2 Å². The van der Waals surface area contributed by atoms with Crippen molar-refractivity contribution in [1.82, 2.24) is 9.80 Å². The Bertz CT molecular complexity index is 981. The minimum atomic E-state index is -0.577. The molecule has 32 heavy (non-hydrogen) atoms. The molecule has 2 amide bonds. The van der Waals surface area contributed by atoms with Gasteiger partial charge in [-0.2, -0.15) is 0 Å². The first-order valence-corrected chi connectivity index (χ1v) is 11.0. The summed E-state index contributed by atoms with van der Waals surface area (Å²) in [6.07, 6.45) is 0.907. The van der Waals surface area contributed by atoms with Crippen LogP contribution in [-0.4, -0.2) is 59.9 Å². The molecule has 2 aromatic carbocycles. The van der Waals surface area contributed by atoms with E-state index in [1.165, 1.54) is 22.3 Å². The van der Waals surface area contributed by atoms with Gasteiger partial charge >= 0.3 is 12.2 Å². The Morgan fingerprint density at radius 2 is 1.59 bits per heavy atom. The highest BCUT2D eigenvalue weighted by molar-refractivity contribution is 5.79. The molecule has 0 unspecified atom stereocenters. The van der Waals surface area contributed by atoms with Crippen LogP contribution in [0.25, 0.3) is 11.1 Å². The number of amides is 2. The third-order valence-electron chi connectivity index (χ3n) is 5.91. The van der Waals surface area contributed by atoms with Gasteiger partial charge in [0.2, 0.25) is 0 Å². The largest absolute Gasteiger partial charge is 0.448 e. The fraction of sp³-hybridized carbons (Fsp3) is 0.385. The van der Waals surface area contributed by atoms with Crippen LogP contribution >= 0.6 is 0 Å². The molecule has 1 saturated heterocycles. The van der Waals surface area contributed by atoms with Crippen LogP contribution in [0.2, 0.25) is 0 Å². The number of rotatable bonds is 3. The molecule has 0 bridgehead atoms. The van der Waals surface area contributed by atoms with Crippen molar-refractivity contribution in [1.29, 1.82) is 0 Å². The maximum atomic E-state index is 12.9. The van der Waals surface area contributed by atoms with E-state index in [0.29, 0.717) is 19.6 Å². The topological polar surface area (TPSA) is 59.1 Å². The van der Waals surface area contributed by atoms with Gasteiger partial charge in [-0.05, 0) is 43.0 Å². The average Bonchev–Trinajstić information content (AvgIpc) is 3.09. The van der Waals surface area contributed by atoms with Crippen LogP contribution in [0.3, 0.4) is 0 Å². The third-order valence-corrected chi connectivity index (χ3v) is 5.91. The molecule has 1 aliphatic heterocycles. The van der Waals surface area contributed by atoms with E-state index < -0.39 is 11.7 Å². The number of nitrogens with zero attached hydrogens (tertiary/aromatic N) is 2. The van der Waals surface area contributed by atoms with Gasteiger partial charge in [0.15, 0.2) is 0 Å². The number of hydrogen-bond acceptors (Lipinski definition) is 4. The molecule has 168 valence electrons. The number of hydrogen-bond donors (Lipinski definition) is 0. The highest BCUT2D eigenvalue weighted by Gasteiger charge is 2.35. The minimum absolute atomic E-state index is 0.0182. The van der Waals surface area contributed by atoms with E-state index in [9.17, 15) is 9.59 Å². The molecular formula is C26H30N2O4. The van der Waals surface area contributed by atoms with Gasteiger partial charge in [0.1, 0.15) is 12.2 Å². The number of fused-ring (bicyclic) bond motifs is 3. The second-order valence-electron chi connectivity index (χ2n) is 9.23. The summed E-state index contributed by atoms with van der Waals surface area (Å²) in [5.41, 5.74) is 4.18. The van der Waals surface area contributed by atoms with Crippen LogP contribution in [0.1, 0.15) is 37.8 Å². The van der Waals surface area contributed by atoms with Crippen molar-refractivity contribution >= 4 is 12.2 Å². The molecule has 1 heterocycles. The van der Waals surface area contributed by atoms with Gasteiger partial charge in [0, 0.05) is 25.6 Å². The lowest BCUT2D eigenvalue weighted by Crippen LogP contribution is -2.56. The SMILES string of the molecule is C=C[C@H]1CN(C(=O)OCC2c3ccccc3-c3ccccc32)CCN1C(=O)OC(C)(C)C. The van der Waals surface area contributed by atoms with Crippen molar-refractivity contribution < 1.29 is 19.1 Å². The first-order chi connectivity index (χ1) is 15.3. The van der Waals surface area contributed by atoms with Gasteiger partial charge in [-0.1, -0.05) is 54.6 Å². The molecule has 2 aromatic rings. The Kier molecular flexibility index (Phi) is 5.96. The van der Waals surface area contributed by atoms with E-state index in [1.54, 1.807) is 15.9 Å². The lowest BCUT2D eigenvalue weighted by atomic mass is 9.98. The van der Waals surface area contributed by atoms with Crippen molar-refractivity contribution in [3.05, 3.63) is 72.3 Å². The van der Waals surface area contributed by atoms with E-state index in [4.69, 9.17) is 9.47 Å². The van der Waals surface area contributed by atoms with E-state index in [0.717, 1.165) is 0 Å². The zero-order chi connectivity index (χ0) is 22.9. The summed E-state index contributed by atoms with van der Waals surface area (Å²) in [5, 5.41) is 0. The van der Waals surface area contributed by atoms with Gasteiger partial charge in [0.25, 0.3) is 0 Å². The van der Waals surface area contributed by atoms with Crippen molar-refractivity contribution in [3.8, 4) is 11.1 Å². The smallest absolute Gasteiger partial charge is 0.410 e. The Balaban J connectivity index is 1.40. The standard InChI is InChI=1S/C26H30N2O4/c1-5-18-16-27(14-15-28(18)25(30)32-26(2,3)4)24(29)31-17-23-21-12-8-6-10-19(21)20-11-7-9-13-22(20)23/h5-13,18,23H,1,14-17H2,2-4H3/t18-/m0/s1. The Hall–Kier alpha value is -3.28. The number of benzene rings is 2. The number of carbonyl (C=O) groups is 2. The first kappa shape index (κ1) is 21.9. The summed E-state index contributed by atoms with van der Waals surface area (Å²) in [5.74, 6) is 0.0182. The maximum absolute atomic E-state index is 12.9. The number of carbonyl (C=O) groups excluding carboxylic acids is 2. The Labute approximate surface area is 189 Å². The molecule has 0 saturated carbocycles. The van der Waals surface area contributed by atoms with E-state index in [1.807, 2.05) is 45.0 Å². The van der Waals surface area contributed by atoms with Crippen LogP contribution in [0.4, 0.5) is 9.59 Å². The van der Waals surface area contributed by atoms with Crippen LogP contribution in [0, 0.1) is 0 Å². The van der Waals surface area contributed by atoms with Crippen LogP contribution < -0.4 is 0 Å². The molecule has 2 aliphatic rings. The second kappa shape index (κ2) is 8.69. The highest BCUT2D eigenvalue weighted by Crippen LogP contribution is 2.44. The summed E-state index contributed by atoms with van der Waals surface area (Å²) in [6, 6.07) is 16.2. The molecule has 0 N–H and O–H groups in total.